The Morgan fingerprint density at radius 3 is 2.36 bits per heavy atom. The Labute approximate surface area is 149 Å². The smallest absolute Gasteiger partial charge is 0.414 e. The van der Waals surface area contributed by atoms with E-state index in [4.69, 9.17) is 9.47 Å². The molecule has 1 heterocycles. The van der Waals surface area contributed by atoms with Crippen LogP contribution in [-0.2, 0) is 4.74 Å². The molecule has 138 valence electrons. The first kappa shape index (κ1) is 19.1. The molecule has 0 radical (unpaired) electrons. The van der Waals surface area contributed by atoms with Crippen molar-refractivity contribution in [3.05, 3.63) is 29.8 Å². The number of amides is 2. The minimum absolute atomic E-state index is 0.250. The quantitative estimate of drug-likeness (QED) is 0.814. The normalized spacial score (nSPS) is 15.6. The van der Waals surface area contributed by atoms with Crippen LogP contribution in [0.1, 0.15) is 45.1 Å². The van der Waals surface area contributed by atoms with Crippen molar-refractivity contribution in [1.82, 2.24) is 9.80 Å². The van der Waals surface area contributed by atoms with Gasteiger partial charge in [-0.2, -0.15) is 0 Å². The molecule has 0 spiro atoms. The van der Waals surface area contributed by atoms with Crippen molar-refractivity contribution >= 4 is 12.2 Å². The van der Waals surface area contributed by atoms with Crippen molar-refractivity contribution in [1.29, 1.82) is 0 Å². The largest absolute Gasteiger partial charge is 0.444 e. The van der Waals surface area contributed by atoms with E-state index in [0.717, 1.165) is 18.4 Å². The lowest BCUT2D eigenvalue weighted by Crippen LogP contribution is -2.41. The lowest BCUT2D eigenvalue weighted by molar-refractivity contribution is 0.0204. The van der Waals surface area contributed by atoms with Gasteiger partial charge in [0.2, 0.25) is 0 Å². The number of hydrogen-bond donors (Lipinski definition) is 0. The van der Waals surface area contributed by atoms with Crippen LogP contribution in [0.5, 0.6) is 5.75 Å². The zero-order chi connectivity index (χ0) is 18.6. The molecule has 1 fully saturated rings. The highest BCUT2D eigenvalue weighted by molar-refractivity contribution is 5.70. The molecule has 6 heteroatoms. The molecular formula is C19H28N2O4. The van der Waals surface area contributed by atoms with Gasteiger partial charge in [-0.15, -0.1) is 0 Å². The molecule has 2 rings (SSSR count). The Bertz CT molecular complexity index is 614. The fourth-order valence-electron chi connectivity index (χ4n) is 2.75. The van der Waals surface area contributed by atoms with Crippen LogP contribution in [0.3, 0.4) is 0 Å². The van der Waals surface area contributed by atoms with E-state index in [1.54, 1.807) is 25.1 Å². The Kier molecular flexibility index (Phi) is 5.93. The maximum absolute atomic E-state index is 12.1. The number of carbonyl (C=O) groups is 2. The first-order valence-electron chi connectivity index (χ1n) is 8.63. The minimum Gasteiger partial charge on any atom is -0.444 e. The molecule has 0 aliphatic carbocycles. The van der Waals surface area contributed by atoms with Crippen LogP contribution in [0.25, 0.3) is 0 Å². The molecule has 1 aliphatic rings. The highest BCUT2D eigenvalue weighted by Crippen LogP contribution is 2.30. The van der Waals surface area contributed by atoms with Crippen molar-refractivity contribution in [2.45, 2.75) is 45.1 Å². The molecule has 0 unspecified atom stereocenters. The standard InChI is InChI=1S/C19H28N2O4/c1-19(2,3)25-18(23)21-11-9-14(10-12-21)15-7-6-8-16(13-15)24-17(22)20(4)5/h6-8,13-14H,9-12H2,1-5H3. The number of ether oxygens (including phenoxy) is 2. The first-order valence-corrected chi connectivity index (χ1v) is 8.63. The van der Waals surface area contributed by atoms with Gasteiger partial charge in [-0.25, -0.2) is 9.59 Å². The summed E-state index contributed by atoms with van der Waals surface area (Å²) < 4.78 is 10.8. The highest BCUT2D eigenvalue weighted by atomic mass is 16.6. The van der Waals surface area contributed by atoms with Gasteiger partial charge in [0.05, 0.1) is 0 Å². The van der Waals surface area contributed by atoms with Crippen LogP contribution in [0, 0.1) is 0 Å². The average Bonchev–Trinajstić information content (AvgIpc) is 2.53. The number of carbonyl (C=O) groups excluding carboxylic acids is 2. The van der Waals surface area contributed by atoms with Gasteiger partial charge in [-0.1, -0.05) is 12.1 Å². The maximum atomic E-state index is 12.1. The topological polar surface area (TPSA) is 59.1 Å². The van der Waals surface area contributed by atoms with Crippen LogP contribution in [0.4, 0.5) is 9.59 Å². The number of likely N-dealkylation sites (tertiary alicyclic amines) is 1. The highest BCUT2D eigenvalue weighted by Gasteiger charge is 2.27. The van der Waals surface area contributed by atoms with Crippen molar-refractivity contribution < 1.29 is 19.1 Å². The summed E-state index contributed by atoms with van der Waals surface area (Å²) in [5, 5.41) is 0. The molecule has 0 saturated carbocycles. The van der Waals surface area contributed by atoms with Crippen LogP contribution in [0.2, 0.25) is 0 Å². The summed E-state index contributed by atoms with van der Waals surface area (Å²) in [7, 11) is 3.30. The van der Waals surface area contributed by atoms with E-state index >= 15 is 0 Å². The van der Waals surface area contributed by atoms with Gasteiger partial charge in [0.15, 0.2) is 0 Å². The minimum atomic E-state index is -0.474. The van der Waals surface area contributed by atoms with Gasteiger partial charge < -0.3 is 19.3 Å². The summed E-state index contributed by atoms with van der Waals surface area (Å²) in [5.74, 6) is 0.891. The Morgan fingerprint density at radius 1 is 1.16 bits per heavy atom. The zero-order valence-corrected chi connectivity index (χ0v) is 15.7. The summed E-state index contributed by atoms with van der Waals surface area (Å²) in [5.41, 5.74) is 0.659. The van der Waals surface area contributed by atoms with Gasteiger partial charge >= 0.3 is 12.2 Å². The zero-order valence-electron chi connectivity index (χ0n) is 15.7. The number of nitrogens with zero attached hydrogens (tertiary/aromatic N) is 2. The second-order valence-electron chi connectivity index (χ2n) is 7.58. The van der Waals surface area contributed by atoms with Crippen molar-refractivity contribution in [2.75, 3.05) is 27.2 Å². The van der Waals surface area contributed by atoms with Crippen LogP contribution >= 0.6 is 0 Å². The maximum Gasteiger partial charge on any atom is 0.414 e. The SMILES string of the molecule is CN(C)C(=O)Oc1cccc(C2CCN(C(=O)OC(C)(C)C)CC2)c1. The predicted molar refractivity (Wildman–Crippen MR) is 95.9 cm³/mol. The molecule has 0 atom stereocenters. The Morgan fingerprint density at radius 2 is 1.80 bits per heavy atom. The second-order valence-corrected chi connectivity index (χ2v) is 7.58. The first-order chi connectivity index (χ1) is 11.7. The summed E-state index contributed by atoms with van der Waals surface area (Å²) in [6.45, 7) is 6.96. The molecule has 1 aromatic carbocycles. The molecule has 1 aromatic rings. The van der Waals surface area contributed by atoms with Crippen LogP contribution in [-0.4, -0.2) is 54.8 Å². The molecule has 25 heavy (non-hydrogen) atoms. The van der Waals surface area contributed by atoms with Crippen molar-refractivity contribution in [3.63, 3.8) is 0 Å². The number of hydrogen-bond acceptors (Lipinski definition) is 4. The van der Waals surface area contributed by atoms with Crippen LogP contribution < -0.4 is 4.74 Å². The van der Waals surface area contributed by atoms with E-state index in [1.807, 2.05) is 39.0 Å². The average molecular weight is 348 g/mol. The van der Waals surface area contributed by atoms with E-state index < -0.39 is 11.7 Å². The third-order valence-corrected chi connectivity index (χ3v) is 4.05. The van der Waals surface area contributed by atoms with E-state index in [-0.39, 0.29) is 6.09 Å². The lowest BCUT2D eigenvalue weighted by Gasteiger charge is -2.33. The molecule has 1 saturated heterocycles. The molecule has 6 nitrogen and oxygen atoms in total. The van der Waals surface area contributed by atoms with E-state index in [9.17, 15) is 9.59 Å². The third-order valence-electron chi connectivity index (χ3n) is 4.05. The van der Waals surface area contributed by atoms with Gasteiger partial charge in [0.25, 0.3) is 0 Å². The molecule has 0 bridgehead atoms. The summed E-state index contributed by atoms with van der Waals surface area (Å²) in [4.78, 5) is 27.0. The van der Waals surface area contributed by atoms with E-state index in [0.29, 0.717) is 24.8 Å². The number of piperidine rings is 1. The van der Waals surface area contributed by atoms with Gasteiger partial charge in [0.1, 0.15) is 11.4 Å². The van der Waals surface area contributed by atoms with Crippen LogP contribution in [0.15, 0.2) is 24.3 Å². The monoisotopic (exact) mass is 348 g/mol. The van der Waals surface area contributed by atoms with Gasteiger partial charge in [-0.3, -0.25) is 0 Å². The summed E-state index contributed by atoms with van der Waals surface area (Å²) in [6.07, 6.45) is 1.09. The number of rotatable bonds is 2. The van der Waals surface area contributed by atoms with Gasteiger partial charge in [0, 0.05) is 27.2 Å². The van der Waals surface area contributed by atoms with Crippen molar-refractivity contribution in [2.24, 2.45) is 0 Å². The molecular weight excluding hydrogens is 320 g/mol. The molecule has 0 N–H and O–H groups in total. The fraction of sp³-hybridized carbons (Fsp3) is 0.579. The lowest BCUT2D eigenvalue weighted by atomic mass is 9.89. The Hall–Kier alpha value is -2.24. The number of benzene rings is 1. The summed E-state index contributed by atoms with van der Waals surface area (Å²) in [6, 6.07) is 7.63. The van der Waals surface area contributed by atoms with Gasteiger partial charge in [-0.05, 0) is 57.2 Å². The molecule has 2 amide bonds. The second kappa shape index (κ2) is 7.76. The van der Waals surface area contributed by atoms with E-state index in [1.165, 1.54) is 4.90 Å². The fourth-order valence-corrected chi connectivity index (χ4v) is 2.75. The van der Waals surface area contributed by atoms with E-state index in [2.05, 4.69) is 0 Å². The van der Waals surface area contributed by atoms with Crippen molar-refractivity contribution in [3.8, 4) is 5.75 Å². The summed E-state index contributed by atoms with van der Waals surface area (Å²) >= 11 is 0. The molecule has 1 aliphatic heterocycles. The molecule has 0 aromatic heterocycles. The third kappa shape index (κ3) is 5.66. The Balaban J connectivity index is 1.94. The predicted octanol–water partition coefficient (Wildman–Crippen LogP) is 3.86.